The highest BCUT2D eigenvalue weighted by molar-refractivity contribution is 5.98. The Kier molecular flexibility index (Phi) is 4.05. The van der Waals surface area contributed by atoms with Gasteiger partial charge in [-0.2, -0.15) is 5.10 Å². The van der Waals surface area contributed by atoms with Crippen LogP contribution in [0.5, 0.6) is 5.75 Å². The van der Waals surface area contributed by atoms with Crippen LogP contribution < -0.4 is 4.74 Å². The van der Waals surface area contributed by atoms with Crippen molar-refractivity contribution in [2.45, 2.75) is 0 Å². The Labute approximate surface area is 165 Å². The lowest BCUT2D eigenvalue weighted by Crippen LogP contribution is -1.87. The zero-order valence-electron chi connectivity index (χ0n) is 15.5. The molecule has 0 saturated carbocycles. The third-order valence-corrected chi connectivity index (χ3v) is 4.81. The predicted molar refractivity (Wildman–Crippen MR) is 109 cm³/mol. The summed E-state index contributed by atoms with van der Waals surface area (Å²) in [5, 5.41) is 8.40. The molecule has 0 atom stereocenters. The quantitative estimate of drug-likeness (QED) is 0.464. The van der Waals surface area contributed by atoms with Crippen molar-refractivity contribution in [3.05, 3.63) is 73.1 Å². The molecule has 0 unspecified atom stereocenters. The first kappa shape index (κ1) is 17.1. The fraction of sp³-hybridized carbons (Fsp3) is 0.0455. The number of aromatic nitrogens is 5. The summed E-state index contributed by atoms with van der Waals surface area (Å²) in [6.45, 7) is 0. The van der Waals surface area contributed by atoms with Gasteiger partial charge in [0.25, 0.3) is 0 Å². The summed E-state index contributed by atoms with van der Waals surface area (Å²) in [6.07, 6.45) is 4.94. The van der Waals surface area contributed by atoms with Crippen LogP contribution in [-0.4, -0.2) is 32.3 Å². The molecule has 0 aliphatic heterocycles. The minimum Gasteiger partial charge on any atom is -0.497 e. The molecule has 142 valence electrons. The average molecular weight is 385 g/mol. The van der Waals surface area contributed by atoms with Crippen molar-refractivity contribution in [3.63, 3.8) is 0 Å². The minimum absolute atomic E-state index is 0.339. The Morgan fingerprint density at radius 2 is 1.79 bits per heavy atom. The molecule has 3 heterocycles. The van der Waals surface area contributed by atoms with Crippen LogP contribution in [0, 0.1) is 5.82 Å². The maximum atomic E-state index is 14.0. The number of ether oxygens (including phenoxy) is 1. The molecule has 7 heteroatoms. The van der Waals surface area contributed by atoms with E-state index in [9.17, 15) is 4.39 Å². The topological polar surface area (TPSA) is 79.5 Å². The summed E-state index contributed by atoms with van der Waals surface area (Å²) in [5.41, 5.74) is 5.91. The van der Waals surface area contributed by atoms with E-state index >= 15 is 0 Å². The molecule has 29 heavy (non-hydrogen) atoms. The third-order valence-electron chi connectivity index (χ3n) is 4.81. The molecule has 3 aromatic heterocycles. The summed E-state index contributed by atoms with van der Waals surface area (Å²) < 4.78 is 19.2. The smallest absolute Gasteiger partial charge is 0.127 e. The number of benzene rings is 2. The van der Waals surface area contributed by atoms with E-state index in [1.807, 2.05) is 36.4 Å². The number of hydrogen-bond acceptors (Lipinski definition) is 4. The first-order valence-electron chi connectivity index (χ1n) is 8.99. The van der Waals surface area contributed by atoms with Gasteiger partial charge in [0.1, 0.15) is 23.6 Å². The van der Waals surface area contributed by atoms with Crippen LogP contribution in [0.25, 0.3) is 44.7 Å². The fourth-order valence-corrected chi connectivity index (χ4v) is 3.43. The number of H-pyrrole nitrogens is 2. The van der Waals surface area contributed by atoms with Crippen molar-refractivity contribution in [1.29, 1.82) is 0 Å². The highest BCUT2D eigenvalue weighted by atomic mass is 19.1. The molecular weight excluding hydrogens is 369 g/mol. The third kappa shape index (κ3) is 3.12. The van der Waals surface area contributed by atoms with Gasteiger partial charge >= 0.3 is 0 Å². The van der Waals surface area contributed by atoms with Crippen molar-refractivity contribution in [2.24, 2.45) is 0 Å². The number of fused-ring (bicyclic) bond motifs is 1. The van der Waals surface area contributed by atoms with E-state index in [1.165, 1.54) is 25.6 Å². The van der Waals surface area contributed by atoms with E-state index in [0.717, 1.165) is 44.7 Å². The molecule has 0 aliphatic rings. The number of hydrogen-bond donors (Lipinski definition) is 2. The van der Waals surface area contributed by atoms with Gasteiger partial charge in [-0.05, 0) is 41.5 Å². The van der Waals surface area contributed by atoms with Gasteiger partial charge in [-0.1, -0.05) is 12.1 Å². The fourth-order valence-electron chi connectivity index (χ4n) is 3.43. The van der Waals surface area contributed by atoms with Gasteiger partial charge in [-0.25, -0.2) is 14.4 Å². The Morgan fingerprint density at radius 1 is 0.931 bits per heavy atom. The second-order valence-corrected chi connectivity index (χ2v) is 6.62. The Bertz CT molecular complexity index is 1310. The maximum absolute atomic E-state index is 14.0. The number of aromatic amines is 2. The second kappa shape index (κ2) is 6.87. The Hall–Kier alpha value is -4.00. The van der Waals surface area contributed by atoms with E-state index < -0.39 is 0 Å². The van der Waals surface area contributed by atoms with E-state index in [0.29, 0.717) is 5.75 Å². The van der Waals surface area contributed by atoms with Gasteiger partial charge in [0.05, 0.1) is 18.5 Å². The molecule has 6 nitrogen and oxygen atoms in total. The largest absolute Gasteiger partial charge is 0.497 e. The lowest BCUT2D eigenvalue weighted by molar-refractivity contribution is 0.411. The van der Waals surface area contributed by atoms with Crippen molar-refractivity contribution in [1.82, 2.24) is 25.1 Å². The summed E-state index contributed by atoms with van der Waals surface area (Å²) in [7, 11) is 1.53. The van der Waals surface area contributed by atoms with Crippen LogP contribution in [0.1, 0.15) is 0 Å². The summed E-state index contributed by atoms with van der Waals surface area (Å²) in [4.78, 5) is 11.5. The van der Waals surface area contributed by atoms with E-state index in [2.05, 4.69) is 25.1 Å². The lowest BCUT2D eigenvalue weighted by Gasteiger charge is -2.07. The molecule has 5 rings (SSSR count). The van der Waals surface area contributed by atoms with E-state index in [-0.39, 0.29) is 5.82 Å². The van der Waals surface area contributed by atoms with Gasteiger partial charge in [0, 0.05) is 34.9 Å². The highest BCUT2D eigenvalue weighted by Gasteiger charge is 2.13. The first-order valence-corrected chi connectivity index (χ1v) is 8.99. The molecule has 0 saturated heterocycles. The van der Waals surface area contributed by atoms with Crippen LogP contribution in [0.4, 0.5) is 4.39 Å². The molecule has 2 N–H and O–H groups in total. The van der Waals surface area contributed by atoms with Crippen molar-refractivity contribution in [3.8, 4) is 39.5 Å². The zero-order chi connectivity index (χ0) is 19.8. The van der Waals surface area contributed by atoms with Gasteiger partial charge in [-0.3, -0.25) is 5.10 Å². The SMILES string of the molecule is COc1cc(F)cc(-c2cccc3[nH]c(-c4cc(-c5cncnc5)[nH]n4)cc23)c1. The number of halogens is 1. The first-order chi connectivity index (χ1) is 14.2. The monoisotopic (exact) mass is 385 g/mol. The van der Waals surface area contributed by atoms with Crippen LogP contribution in [-0.2, 0) is 0 Å². The molecule has 5 aromatic rings. The maximum Gasteiger partial charge on any atom is 0.127 e. The molecule has 0 bridgehead atoms. The van der Waals surface area contributed by atoms with Gasteiger partial charge in [0.2, 0.25) is 0 Å². The molecular formula is C22H16FN5O. The summed E-state index contributed by atoms with van der Waals surface area (Å²) in [6, 6.07) is 14.5. The van der Waals surface area contributed by atoms with Gasteiger partial charge in [-0.15, -0.1) is 0 Å². The highest BCUT2D eigenvalue weighted by Crippen LogP contribution is 2.34. The summed E-state index contributed by atoms with van der Waals surface area (Å²) >= 11 is 0. The van der Waals surface area contributed by atoms with Gasteiger partial charge < -0.3 is 9.72 Å². The Morgan fingerprint density at radius 3 is 2.62 bits per heavy atom. The lowest BCUT2D eigenvalue weighted by atomic mass is 10.0. The van der Waals surface area contributed by atoms with Gasteiger partial charge in [0.15, 0.2) is 0 Å². The summed E-state index contributed by atoms with van der Waals surface area (Å²) in [5.74, 6) is 0.143. The minimum atomic E-state index is -0.339. The number of rotatable bonds is 4. The molecule has 2 aromatic carbocycles. The predicted octanol–water partition coefficient (Wildman–Crippen LogP) is 4.83. The van der Waals surface area contributed by atoms with E-state index in [1.54, 1.807) is 12.4 Å². The molecule has 0 fully saturated rings. The normalized spacial score (nSPS) is 11.1. The average Bonchev–Trinajstić information content (AvgIpc) is 3.40. The molecule has 0 amide bonds. The van der Waals surface area contributed by atoms with Crippen molar-refractivity contribution < 1.29 is 9.13 Å². The Balaban J connectivity index is 1.60. The zero-order valence-corrected chi connectivity index (χ0v) is 15.5. The second-order valence-electron chi connectivity index (χ2n) is 6.62. The van der Waals surface area contributed by atoms with Crippen LogP contribution in [0.2, 0.25) is 0 Å². The van der Waals surface area contributed by atoms with Crippen molar-refractivity contribution in [2.75, 3.05) is 7.11 Å². The number of nitrogens with one attached hydrogen (secondary N) is 2. The van der Waals surface area contributed by atoms with Crippen LogP contribution in [0.15, 0.2) is 67.3 Å². The van der Waals surface area contributed by atoms with Crippen LogP contribution in [0.3, 0.4) is 0 Å². The molecule has 0 spiro atoms. The standard InChI is InChI=1S/C22H16FN5O/c1-29-16-6-13(5-15(23)7-16)17-3-2-4-19-18(17)8-21(26-19)22-9-20(27-28-22)14-10-24-12-25-11-14/h2-12,26H,1H3,(H,27,28). The van der Waals surface area contributed by atoms with E-state index in [4.69, 9.17) is 4.74 Å². The van der Waals surface area contributed by atoms with Crippen LogP contribution >= 0.6 is 0 Å². The molecule has 0 aliphatic carbocycles. The molecule has 0 radical (unpaired) electrons. The number of methoxy groups -OCH3 is 1. The van der Waals surface area contributed by atoms with Crippen molar-refractivity contribution >= 4 is 10.9 Å². The number of nitrogens with zero attached hydrogens (tertiary/aromatic N) is 3.